The first-order chi connectivity index (χ1) is 15.3. The first-order valence-electron chi connectivity index (χ1n) is 9.81. The van der Waals surface area contributed by atoms with Gasteiger partial charge in [-0.25, -0.2) is 4.79 Å². The van der Waals surface area contributed by atoms with Crippen LogP contribution in [-0.2, 0) is 28.8 Å². The van der Waals surface area contributed by atoms with Crippen LogP contribution < -0.4 is 44.6 Å². The van der Waals surface area contributed by atoms with E-state index in [2.05, 4.69) is 20.9 Å². The number of amides is 5. The van der Waals surface area contributed by atoms with Crippen LogP contribution in [0, 0.1) is 0 Å². The lowest BCUT2D eigenvalue weighted by atomic mass is 10.1. The van der Waals surface area contributed by atoms with Crippen molar-refractivity contribution in [3.63, 3.8) is 0 Å². The molecule has 0 aromatic heterocycles. The highest BCUT2D eigenvalue weighted by atomic mass is 16.4. The summed E-state index contributed by atoms with van der Waals surface area (Å²) < 4.78 is 0. The normalized spacial score (nSPS) is 13.0. The topological polar surface area (TPSA) is 301 Å². The van der Waals surface area contributed by atoms with Crippen LogP contribution in [-0.4, -0.2) is 77.8 Å². The summed E-state index contributed by atoms with van der Waals surface area (Å²) in [4.78, 5) is 73.4. The molecule has 186 valence electrons. The summed E-state index contributed by atoms with van der Waals surface area (Å²) in [5.74, 6) is -5.57. The van der Waals surface area contributed by atoms with Crippen molar-refractivity contribution in [1.82, 2.24) is 16.0 Å². The Morgan fingerprint density at radius 3 is 2.00 bits per heavy atom. The zero-order valence-corrected chi connectivity index (χ0v) is 17.9. The predicted molar refractivity (Wildman–Crippen MR) is 115 cm³/mol. The van der Waals surface area contributed by atoms with Gasteiger partial charge in [0.25, 0.3) is 0 Å². The highest BCUT2D eigenvalue weighted by Crippen LogP contribution is 2.03. The largest absolute Gasteiger partial charge is 0.480 e. The molecule has 16 heteroatoms. The van der Waals surface area contributed by atoms with Gasteiger partial charge in [0.2, 0.25) is 29.5 Å². The molecule has 0 heterocycles. The molecule has 0 saturated heterocycles. The number of hydrogen-bond donors (Lipinski definition) is 9. The minimum Gasteiger partial charge on any atom is -0.480 e. The van der Waals surface area contributed by atoms with E-state index in [1.807, 2.05) is 0 Å². The van der Waals surface area contributed by atoms with E-state index in [4.69, 9.17) is 28.7 Å². The standard InChI is InChI=1S/C17H31N9O7/c18-8(6-12(20)28)14(30)24-7-13(29)25-9(2-1-5-23-17(21)22)15(31)26-10(16(32)33)3-4-11(19)27/h8-10H,1-7,18H2,(H2,19,27)(H2,20,28)(H,24,30)(H,25,29)(H,26,31)(H,32,33)(H4,21,22,23). The average molecular weight is 473 g/mol. The Hall–Kier alpha value is -3.95. The highest BCUT2D eigenvalue weighted by molar-refractivity contribution is 5.93. The smallest absolute Gasteiger partial charge is 0.326 e. The fourth-order valence-corrected chi connectivity index (χ4v) is 2.44. The van der Waals surface area contributed by atoms with E-state index in [9.17, 15) is 33.9 Å². The maximum Gasteiger partial charge on any atom is 0.326 e. The maximum atomic E-state index is 12.6. The number of nitrogens with one attached hydrogen (secondary N) is 3. The fourth-order valence-electron chi connectivity index (χ4n) is 2.44. The summed E-state index contributed by atoms with van der Waals surface area (Å²) in [7, 11) is 0. The van der Waals surface area contributed by atoms with Gasteiger partial charge in [0, 0.05) is 13.0 Å². The lowest BCUT2D eigenvalue weighted by molar-refractivity contribution is -0.142. The van der Waals surface area contributed by atoms with Crippen LogP contribution in [0.25, 0.3) is 0 Å². The van der Waals surface area contributed by atoms with Crippen LogP contribution in [0.2, 0.25) is 0 Å². The van der Waals surface area contributed by atoms with E-state index >= 15 is 0 Å². The zero-order valence-electron chi connectivity index (χ0n) is 17.9. The van der Waals surface area contributed by atoms with Gasteiger partial charge in [-0.3, -0.25) is 29.0 Å². The molecular formula is C17H31N9O7. The quantitative estimate of drug-likeness (QED) is 0.0582. The van der Waals surface area contributed by atoms with Gasteiger partial charge in [-0.05, 0) is 19.3 Å². The molecule has 0 aliphatic rings. The molecule has 16 nitrogen and oxygen atoms in total. The summed E-state index contributed by atoms with van der Waals surface area (Å²) >= 11 is 0. The molecule has 0 bridgehead atoms. The second kappa shape index (κ2) is 15.0. The highest BCUT2D eigenvalue weighted by Gasteiger charge is 2.27. The minimum atomic E-state index is -1.42. The number of nitrogens with two attached hydrogens (primary N) is 5. The van der Waals surface area contributed by atoms with Gasteiger partial charge in [-0.1, -0.05) is 0 Å². The van der Waals surface area contributed by atoms with Gasteiger partial charge in [-0.2, -0.15) is 0 Å². The molecule has 33 heavy (non-hydrogen) atoms. The van der Waals surface area contributed by atoms with Crippen molar-refractivity contribution in [2.75, 3.05) is 13.1 Å². The second-order valence-corrected chi connectivity index (χ2v) is 6.97. The third-order valence-electron chi connectivity index (χ3n) is 4.07. The molecule has 0 fully saturated rings. The van der Waals surface area contributed by atoms with Gasteiger partial charge < -0.3 is 49.7 Å². The Labute approximate surface area is 189 Å². The van der Waals surface area contributed by atoms with Crippen molar-refractivity contribution in [2.24, 2.45) is 33.7 Å². The zero-order chi connectivity index (χ0) is 25.6. The molecule has 0 saturated carbocycles. The predicted octanol–water partition coefficient (Wildman–Crippen LogP) is -5.32. The lowest BCUT2D eigenvalue weighted by Crippen LogP contribution is -2.54. The van der Waals surface area contributed by atoms with Gasteiger partial charge >= 0.3 is 5.97 Å². The third-order valence-corrected chi connectivity index (χ3v) is 4.07. The van der Waals surface area contributed by atoms with Crippen LogP contribution in [0.15, 0.2) is 4.99 Å². The van der Waals surface area contributed by atoms with Crippen LogP contribution in [0.3, 0.4) is 0 Å². The van der Waals surface area contributed by atoms with Gasteiger partial charge in [0.15, 0.2) is 5.96 Å². The maximum absolute atomic E-state index is 12.6. The first kappa shape index (κ1) is 29.0. The molecule has 14 N–H and O–H groups in total. The average Bonchev–Trinajstić information content (AvgIpc) is 2.70. The molecule has 0 aromatic rings. The van der Waals surface area contributed by atoms with E-state index < -0.39 is 66.6 Å². The summed E-state index contributed by atoms with van der Waals surface area (Å²) in [5, 5.41) is 16.0. The van der Waals surface area contributed by atoms with Gasteiger partial charge in [-0.15, -0.1) is 0 Å². The molecule has 3 atom stereocenters. The van der Waals surface area contributed by atoms with Gasteiger partial charge in [0.1, 0.15) is 12.1 Å². The van der Waals surface area contributed by atoms with E-state index in [1.165, 1.54) is 0 Å². The summed E-state index contributed by atoms with van der Waals surface area (Å²) in [6, 6.07) is -3.89. The summed E-state index contributed by atoms with van der Waals surface area (Å²) in [5.41, 5.74) is 25.9. The Bertz CT molecular complexity index is 768. The molecule has 0 aromatic carbocycles. The number of aliphatic carboxylic acids is 1. The molecule has 0 aliphatic heterocycles. The van der Waals surface area contributed by atoms with Crippen LogP contribution in [0.5, 0.6) is 0 Å². The number of carboxylic acid groups (broad SMARTS) is 1. The second-order valence-electron chi connectivity index (χ2n) is 6.97. The Morgan fingerprint density at radius 1 is 0.848 bits per heavy atom. The monoisotopic (exact) mass is 473 g/mol. The number of aliphatic imine (C=N–C) groups is 1. The third kappa shape index (κ3) is 13.9. The molecule has 0 radical (unpaired) electrons. The van der Waals surface area contributed by atoms with Crippen molar-refractivity contribution >= 4 is 41.5 Å². The van der Waals surface area contributed by atoms with Crippen LogP contribution in [0.1, 0.15) is 32.1 Å². The number of nitrogens with zero attached hydrogens (tertiary/aromatic N) is 1. The number of carbonyl (C=O) groups is 6. The van der Waals surface area contributed by atoms with Crippen molar-refractivity contribution < 1.29 is 33.9 Å². The van der Waals surface area contributed by atoms with Crippen LogP contribution >= 0.6 is 0 Å². The van der Waals surface area contributed by atoms with Crippen molar-refractivity contribution in [3.05, 3.63) is 0 Å². The number of rotatable bonds is 16. The Balaban J connectivity index is 5.10. The van der Waals surface area contributed by atoms with Crippen molar-refractivity contribution in [2.45, 2.75) is 50.2 Å². The molecule has 5 amide bonds. The van der Waals surface area contributed by atoms with Crippen molar-refractivity contribution in [3.8, 4) is 0 Å². The van der Waals surface area contributed by atoms with E-state index in [0.29, 0.717) is 0 Å². The molecule has 3 unspecified atom stereocenters. The van der Waals surface area contributed by atoms with E-state index in [1.54, 1.807) is 0 Å². The molecule has 0 aliphatic carbocycles. The summed E-state index contributed by atoms with van der Waals surface area (Å²) in [6.45, 7) is -0.447. The van der Waals surface area contributed by atoms with Crippen LogP contribution in [0.4, 0.5) is 0 Å². The molecule has 0 spiro atoms. The number of primary amides is 2. The first-order valence-corrected chi connectivity index (χ1v) is 9.81. The lowest BCUT2D eigenvalue weighted by Gasteiger charge is -2.21. The number of carboxylic acids is 1. The van der Waals surface area contributed by atoms with E-state index in [-0.39, 0.29) is 38.2 Å². The molecule has 0 rings (SSSR count). The van der Waals surface area contributed by atoms with E-state index in [0.717, 1.165) is 0 Å². The Morgan fingerprint density at radius 2 is 1.48 bits per heavy atom. The number of carbonyl (C=O) groups excluding carboxylic acids is 5. The van der Waals surface area contributed by atoms with Crippen molar-refractivity contribution in [1.29, 1.82) is 0 Å². The number of guanidine groups is 1. The Kier molecular flexibility index (Phi) is 13.2. The molecular weight excluding hydrogens is 442 g/mol. The summed E-state index contributed by atoms with van der Waals surface area (Å²) in [6.07, 6.45) is -0.697. The number of hydrogen-bond acceptors (Lipinski definition) is 8. The van der Waals surface area contributed by atoms with Gasteiger partial charge in [0.05, 0.1) is 19.0 Å². The fraction of sp³-hybridized carbons (Fsp3) is 0.588. The minimum absolute atomic E-state index is 0.0195. The SMILES string of the molecule is NC(=O)CCC(NC(=O)C(CCCN=C(N)N)NC(=O)CNC(=O)C(N)CC(N)=O)C(=O)O.